The molecule has 4 heteroatoms. The van der Waals surface area contributed by atoms with Crippen molar-refractivity contribution >= 4 is 0 Å². The Kier molecular flexibility index (Phi) is 2.61. The monoisotopic (exact) mass is 181 g/mol. The average molecular weight is 181 g/mol. The number of nitrogens with one attached hydrogen (secondary N) is 2. The molecule has 0 bridgehead atoms. The third-order valence-corrected chi connectivity index (χ3v) is 2.46. The number of aromatic nitrogens is 2. The van der Waals surface area contributed by atoms with E-state index in [0.717, 1.165) is 25.4 Å². The predicted octanol–water partition coefficient (Wildman–Crippen LogP) is 0.677. The molecule has 2 atom stereocenters. The van der Waals surface area contributed by atoms with E-state index in [1.165, 1.54) is 0 Å². The summed E-state index contributed by atoms with van der Waals surface area (Å²) >= 11 is 0. The molecule has 0 aliphatic carbocycles. The first-order chi connectivity index (χ1) is 6.36. The topological polar surface area (TPSA) is 49.9 Å². The molecule has 1 aliphatic heterocycles. The van der Waals surface area contributed by atoms with Crippen LogP contribution in [0.4, 0.5) is 0 Å². The molecule has 1 aromatic rings. The van der Waals surface area contributed by atoms with E-state index in [4.69, 9.17) is 4.74 Å². The fourth-order valence-electron chi connectivity index (χ4n) is 1.62. The van der Waals surface area contributed by atoms with Crippen molar-refractivity contribution in [3.63, 3.8) is 0 Å². The van der Waals surface area contributed by atoms with Crippen LogP contribution in [0.5, 0.6) is 0 Å². The fourth-order valence-corrected chi connectivity index (χ4v) is 1.62. The molecule has 4 nitrogen and oxygen atoms in total. The Labute approximate surface area is 77.7 Å². The van der Waals surface area contributed by atoms with E-state index in [1.807, 2.05) is 6.20 Å². The standard InChI is InChI=1S/C9H15N3O/c1-7-8(2-5-13-7)12-6-9-10-3-4-11-9/h3-4,7-8,12H,2,5-6H2,1H3,(H,10,11). The zero-order valence-electron chi connectivity index (χ0n) is 7.79. The maximum absolute atomic E-state index is 5.44. The summed E-state index contributed by atoms with van der Waals surface area (Å²) in [6.07, 6.45) is 5.04. The summed E-state index contributed by atoms with van der Waals surface area (Å²) in [4.78, 5) is 7.20. The van der Waals surface area contributed by atoms with Gasteiger partial charge in [0.1, 0.15) is 5.82 Å². The van der Waals surface area contributed by atoms with Crippen LogP contribution >= 0.6 is 0 Å². The van der Waals surface area contributed by atoms with Crippen LogP contribution in [0, 0.1) is 0 Å². The third-order valence-electron chi connectivity index (χ3n) is 2.46. The summed E-state index contributed by atoms with van der Waals surface area (Å²) in [5.74, 6) is 0.985. The Balaban J connectivity index is 1.79. The van der Waals surface area contributed by atoms with E-state index < -0.39 is 0 Å². The zero-order valence-corrected chi connectivity index (χ0v) is 7.79. The number of hydrogen-bond acceptors (Lipinski definition) is 3. The molecule has 2 heterocycles. The van der Waals surface area contributed by atoms with Crippen LogP contribution in [0.15, 0.2) is 12.4 Å². The lowest BCUT2D eigenvalue weighted by molar-refractivity contribution is 0.113. The number of ether oxygens (including phenoxy) is 1. The van der Waals surface area contributed by atoms with Crippen molar-refractivity contribution in [2.45, 2.75) is 32.0 Å². The van der Waals surface area contributed by atoms with E-state index in [1.54, 1.807) is 6.20 Å². The first-order valence-corrected chi connectivity index (χ1v) is 4.69. The molecule has 1 fully saturated rings. The van der Waals surface area contributed by atoms with Gasteiger partial charge in [0.2, 0.25) is 0 Å². The van der Waals surface area contributed by atoms with Gasteiger partial charge in [-0.05, 0) is 13.3 Å². The Hall–Kier alpha value is -0.870. The Morgan fingerprint density at radius 3 is 3.31 bits per heavy atom. The highest BCUT2D eigenvalue weighted by molar-refractivity contribution is 4.88. The van der Waals surface area contributed by atoms with Crippen molar-refractivity contribution in [3.8, 4) is 0 Å². The van der Waals surface area contributed by atoms with Gasteiger partial charge in [0.05, 0.1) is 12.6 Å². The summed E-state index contributed by atoms with van der Waals surface area (Å²) in [6.45, 7) is 3.77. The Morgan fingerprint density at radius 2 is 2.69 bits per heavy atom. The maximum atomic E-state index is 5.44. The number of imidazole rings is 1. The number of aromatic amines is 1. The molecule has 1 saturated heterocycles. The fraction of sp³-hybridized carbons (Fsp3) is 0.667. The Morgan fingerprint density at radius 1 is 1.77 bits per heavy atom. The molecule has 0 spiro atoms. The lowest BCUT2D eigenvalue weighted by Gasteiger charge is -2.14. The smallest absolute Gasteiger partial charge is 0.120 e. The van der Waals surface area contributed by atoms with Gasteiger partial charge in [-0.25, -0.2) is 4.98 Å². The van der Waals surface area contributed by atoms with Crippen molar-refractivity contribution in [2.24, 2.45) is 0 Å². The summed E-state index contributed by atoms with van der Waals surface area (Å²) in [5.41, 5.74) is 0. The lowest BCUT2D eigenvalue weighted by Crippen LogP contribution is -2.34. The average Bonchev–Trinajstić information content (AvgIpc) is 2.72. The summed E-state index contributed by atoms with van der Waals surface area (Å²) < 4.78 is 5.44. The maximum Gasteiger partial charge on any atom is 0.120 e. The minimum Gasteiger partial charge on any atom is -0.377 e. The number of nitrogens with zero attached hydrogens (tertiary/aromatic N) is 1. The van der Waals surface area contributed by atoms with Crippen LogP contribution in [0.1, 0.15) is 19.2 Å². The van der Waals surface area contributed by atoms with Crippen LogP contribution in [0.3, 0.4) is 0 Å². The molecule has 2 N–H and O–H groups in total. The highest BCUT2D eigenvalue weighted by Gasteiger charge is 2.23. The Bertz CT molecular complexity index is 247. The number of H-pyrrole nitrogens is 1. The normalized spacial score (nSPS) is 28.1. The summed E-state index contributed by atoms with van der Waals surface area (Å²) in [5, 5.41) is 3.42. The van der Waals surface area contributed by atoms with Gasteiger partial charge < -0.3 is 15.0 Å². The molecule has 1 aliphatic rings. The van der Waals surface area contributed by atoms with Gasteiger partial charge in [-0.2, -0.15) is 0 Å². The van der Waals surface area contributed by atoms with Crippen LogP contribution in [0.25, 0.3) is 0 Å². The second-order valence-corrected chi connectivity index (χ2v) is 3.39. The molecule has 2 unspecified atom stereocenters. The van der Waals surface area contributed by atoms with Gasteiger partial charge in [0.15, 0.2) is 0 Å². The van der Waals surface area contributed by atoms with E-state index in [9.17, 15) is 0 Å². The van der Waals surface area contributed by atoms with Gasteiger partial charge in [-0.1, -0.05) is 0 Å². The van der Waals surface area contributed by atoms with Gasteiger partial charge in [-0.3, -0.25) is 0 Å². The van der Waals surface area contributed by atoms with Gasteiger partial charge in [0, 0.05) is 25.0 Å². The van der Waals surface area contributed by atoms with Crippen LogP contribution in [-0.2, 0) is 11.3 Å². The van der Waals surface area contributed by atoms with Crippen molar-refractivity contribution in [1.29, 1.82) is 0 Å². The van der Waals surface area contributed by atoms with Crippen molar-refractivity contribution in [1.82, 2.24) is 15.3 Å². The number of hydrogen-bond donors (Lipinski definition) is 2. The zero-order chi connectivity index (χ0) is 9.10. The van der Waals surface area contributed by atoms with E-state index in [-0.39, 0.29) is 0 Å². The van der Waals surface area contributed by atoms with Gasteiger partial charge in [-0.15, -0.1) is 0 Å². The highest BCUT2D eigenvalue weighted by atomic mass is 16.5. The molecule has 72 valence electrons. The SMILES string of the molecule is CC1OCCC1NCc1ncc[nH]1. The molecular formula is C9H15N3O. The number of rotatable bonds is 3. The third kappa shape index (κ3) is 2.08. The lowest BCUT2D eigenvalue weighted by atomic mass is 10.1. The van der Waals surface area contributed by atoms with Crippen molar-refractivity contribution in [2.75, 3.05) is 6.61 Å². The molecule has 0 radical (unpaired) electrons. The van der Waals surface area contributed by atoms with Crippen LogP contribution < -0.4 is 5.32 Å². The van der Waals surface area contributed by atoms with Gasteiger partial charge in [0.25, 0.3) is 0 Å². The quantitative estimate of drug-likeness (QED) is 0.720. The molecular weight excluding hydrogens is 166 g/mol. The minimum atomic E-state index is 0.329. The summed E-state index contributed by atoms with van der Waals surface area (Å²) in [6, 6.07) is 0.477. The van der Waals surface area contributed by atoms with Crippen LogP contribution in [-0.4, -0.2) is 28.7 Å². The van der Waals surface area contributed by atoms with E-state index in [2.05, 4.69) is 22.2 Å². The van der Waals surface area contributed by atoms with Crippen molar-refractivity contribution in [3.05, 3.63) is 18.2 Å². The molecule has 0 aromatic carbocycles. The molecule has 0 saturated carbocycles. The largest absolute Gasteiger partial charge is 0.377 e. The van der Waals surface area contributed by atoms with E-state index >= 15 is 0 Å². The van der Waals surface area contributed by atoms with Crippen LogP contribution in [0.2, 0.25) is 0 Å². The predicted molar refractivity (Wildman–Crippen MR) is 49.2 cm³/mol. The molecule has 2 rings (SSSR count). The summed E-state index contributed by atoms with van der Waals surface area (Å²) in [7, 11) is 0. The highest BCUT2D eigenvalue weighted by Crippen LogP contribution is 2.12. The minimum absolute atomic E-state index is 0.329. The first-order valence-electron chi connectivity index (χ1n) is 4.69. The first kappa shape index (κ1) is 8.72. The molecule has 13 heavy (non-hydrogen) atoms. The second kappa shape index (κ2) is 3.89. The second-order valence-electron chi connectivity index (χ2n) is 3.39. The molecule has 0 amide bonds. The molecule has 1 aromatic heterocycles. The van der Waals surface area contributed by atoms with E-state index in [0.29, 0.717) is 12.1 Å². The van der Waals surface area contributed by atoms with Crippen molar-refractivity contribution < 1.29 is 4.74 Å². The van der Waals surface area contributed by atoms with Gasteiger partial charge >= 0.3 is 0 Å².